The van der Waals surface area contributed by atoms with Gasteiger partial charge in [0.15, 0.2) is 0 Å². The summed E-state index contributed by atoms with van der Waals surface area (Å²) in [5.74, 6) is -0.463. The molecule has 0 aliphatic carbocycles. The van der Waals surface area contributed by atoms with Crippen LogP contribution in [0.25, 0.3) is 11.1 Å². The molecule has 0 aliphatic rings. The monoisotopic (exact) mass is 451 g/mol. The number of nitrogens with one attached hydrogen (secondary N) is 1. The molecule has 0 radical (unpaired) electrons. The maximum atomic E-state index is 11.4. The van der Waals surface area contributed by atoms with E-state index in [0.29, 0.717) is 23.0 Å². The summed E-state index contributed by atoms with van der Waals surface area (Å²) in [6.45, 7) is 5.49. The summed E-state index contributed by atoms with van der Waals surface area (Å²) in [6, 6.07) is 21.1. The van der Waals surface area contributed by atoms with Crippen molar-refractivity contribution in [2.45, 2.75) is 32.8 Å². The molecule has 0 aliphatic heterocycles. The van der Waals surface area contributed by atoms with Gasteiger partial charge in [-0.05, 0) is 77.4 Å². The highest BCUT2D eigenvalue weighted by Gasteiger charge is 2.12. The Morgan fingerprint density at radius 2 is 1.78 bits per heavy atom. The Morgan fingerprint density at radius 1 is 1.03 bits per heavy atom. The number of carboxylic acid groups (broad SMARTS) is 1. The topological polar surface area (TPSA) is 69.6 Å². The number of hydrogen-bond acceptors (Lipinski definition) is 3. The van der Waals surface area contributed by atoms with Crippen LogP contribution in [0.1, 0.15) is 47.0 Å². The lowest BCUT2D eigenvalue weighted by atomic mass is 9.91. The Morgan fingerprint density at radius 3 is 2.44 bits per heavy atom. The predicted molar refractivity (Wildman–Crippen MR) is 130 cm³/mol. The van der Waals surface area contributed by atoms with E-state index in [2.05, 4.69) is 43.4 Å². The number of aliphatic hydroxyl groups excluding tert-OH is 1. The van der Waals surface area contributed by atoms with Crippen LogP contribution in [0, 0.1) is 5.92 Å². The molecule has 0 saturated heterocycles. The molecule has 0 amide bonds. The SMILES string of the molecule is CC(C)Cc1cc(C(=O)O)ccc1-c1ccc(CCNC[C@H](O)c2cccc(Cl)c2)cc1. The van der Waals surface area contributed by atoms with Gasteiger partial charge in [0.25, 0.3) is 0 Å². The van der Waals surface area contributed by atoms with Crippen LogP contribution < -0.4 is 5.32 Å². The standard InChI is InChI=1S/C27H30ClNO3/c1-18(2)14-23-15-22(27(31)32)10-11-25(23)20-8-6-19(7-9-20)12-13-29-17-26(30)21-4-3-5-24(28)16-21/h3-11,15-16,18,26,29-30H,12-14,17H2,1-2H3,(H,31,32)/t26-/m0/s1. The Hall–Kier alpha value is -2.66. The van der Waals surface area contributed by atoms with E-state index in [9.17, 15) is 15.0 Å². The Bertz CT molecular complexity index is 1050. The van der Waals surface area contributed by atoms with Gasteiger partial charge in [-0.1, -0.05) is 67.9 Å². The van der Waals surface area contributed by atoms with Crippen molar-refractivity contribution >= 4 is 17.6 Å². The minimum atomic E-state index is -0.898. The number of aromatic carboxylic acids is 1. The third-order valence-electron chi connectivity index (χ3n) is 5.41. The highest BCUT2D eigenvalue weighted by Crippen LogP contribution is 2.27. The highest BCUT2D eigenvalue weighted by molar-refractivity contribution is 6.30. The molecule has 0 heterocycles. The third kappa shape index (κ3) is 6.67. The summed E-state index contributed by atoms with van der Waals surface area (Å²) in [5.41, 5.74) is 5.56. The lowest BCUT2D eigenvalue weighted by molar-refractivity contribution is 0.0696. The van der Waals surface area contributed by atoms with E-state index in [1.54, 1.807) is 24.3 Å². The van der Waals surface area contributed by atoms with Crippen LogP contribution in [0.5, 0.6) is 0 Å². The molecule has 0 bridgehead atoms. The van der Waals surface area contributed by atoms with Crippen LogP contribution in [-0.2, 0) is 12.8 Å². The minimum absolute atomic E-state index is 0.326. The van der Waals surface area contributed by atoms with Gasteiger partial charge in [0.05, 0.1) is 11.7 Å². The number of carbonyl (C=O) groups is 1. The number of rotatable bonds is 10. The van der Waals surface area contributed by atoms with Crippen LogP contribution in [-0.4, -0.2) is 29.3 Å². The largest absolute Gasteiger partial charge is 0.478 e. The molecule has 3 aromatic rings. The summed E-state index contributed by atoms with van der Waals surface area (Å²) in [5, 5.41) is 23.5. The molecular weight excluding hydrogens is 422 g/mol. The van der Waals surface area contributed by atoms with Crippen molar-refractivity contribution in [3.8, 4) is 11.1 Å². The van der Waals surface area contributed by atoms with Gasteiger partial charge in [-0.15, -0.1) is 0 Å². The van der Waals surface area contributed by atoms with Gasteiger partial charge in [0.1, 0.15) is 0 Å². The average Bonchev–Trinajstić information content (AvgIpc) is 2.76. The minimum Gasteiger partial charge on any atom is -0.478 e. The molecule has 0 aromatic heterocycles. The Labute approximate surface area is 194 Å². The molecule has 0 fully saturated rings. The van der Waals surface area contributed by atoms with Gasteiger partial charge >= 0.3 is 5.97 Å². The van der Waals surface area contributed by atoms with Crippen LogP contribution in [0.4, 0.5) is 0 Å². The molecule has 32 heavy (non-hydrogen) atoms. The second-order valence-corrected chi connectivity index (χ2v) is 8.93. The van der Waals surface area contributed by atoms with Crippen molar-refractivity contribution in [2.24, 2.45) is 5.92 Å². The maximum Gasteiger partial charge on any atom is 0.335 e. The molecule has 0 spiro atoms. The summed E-state index contributed by atoms with van der Waals surface area (Å²) in [4.78, 5) is 11.4. The molecule has 0 saturated carbocycles. The van der Waals surface area contributed by atoms with Gasteiger partial charge in [-0.25, -0.2) is 4.79 Å². The van der Waals surface area contributed by atoms with Crippen molar-refractivity contribution in [1.29, 1.82) is 0 Å². The van der Waals surface area contributed by atoms with E-state index in [1.807, 2.05) is 18.2 Å². The van der Waals surface area contributed by atoms with Gasteiger partial charge in [-0.2, -0.15) is 0 Å². The van der Waals surface area contributed by atoms with Gasteiger partial charge in [0, 0.05) is 11.6 Å². The zero-order chi connectivity index (χ0) is 23.1. The van der Waals surface area contributed by atoms with E-state index < -0.39 is 12.1 Å². The first-order chi connectivity index (χ1) is 15.3. The normalized spacial score (nSPS) is 12.2. The van der Waals surface area contributed by atoms with E-state index in [0.717, 1.165) is 41.6 Å². The first-order valence-corrected chi connectivity index (χ1v) is 11.3. The average molecular weight is 452 g/mol. The Kier molecular flexibility index (Phi) is 8.46. The maximum absolute atomic E-state index is 11.4. The van der Waals surface area contributed by atoms with E-state index in [-0.39, 0.29) is 0 Å². The molecule has 3 rings (SSSR count). The highest BCUT2D eigenvalue weighted by atomic mass is 35.5. The van der Waals surface area contributed by atoms with Gasteiger partial charge in [0.2, 0.25) is 0 Å². The molecule has 0 unspecified atom stereocenters. The number of carboxylic acids is 1. The smallest absolute Gasteiger partial charge is 0.335 e. The lowest BCUT2D eigenvalue weighted by Gasteiger charge is -2.14. The van der Waals surface area contributed by atoms with Crippen molar-refractivity contribution in [1.82, 2.24) is 5.32 Å². The van der Waals surface area contributed by atoms with Crippen LogP contribution in [0.2, 0.25) is 5.02 Å². The number of hydrogen-bond donors (Lipinski definition) is 3. The second-order valence-electron chi connectivity index (χ2n) is 8.50. The lowest BCUT2D eigenvalue weighted by Crippen LogP contribution is -2.23. The Balaban J connectivity index is 1.60. The summed E-state index contributed by atoms with van der Waals surface area (Å²) in [7, 11) is 0. The van der Waals surface area contributed by atoms with Crippen LogP contribution in [0.3, 0.4) is 0 Å². The van der Waals surface area contributed by atoms with Crippen molar-refractivity contribution in [3.05, 3.63) is 94.0 Å². The zero-order valence-electron chi connectivity index (χ0n) is 18.5. The van der Waals surface area contributed by atoms with Crippen molar-refractivity contribution < 1.29 is 15.0 Å². The molecule has 3 N–H and O–H groups in total. The molecule has 1 atom stereocenters. The number of benzene rings is 3. The number of aliphatic hydroxyl groups is 1. The summed E-state index contributed by atoms with van der Waals surface area (Å²) in [6.07, 6.45) is 1.08. The summed E-state index contributed by atoms with van der Waals surface area (Å²) < 4.78 is 0. The third-order valence-corrected chi connectivity index (χ3v) is 5.64. The van der Waals surface area contributed by atoms with Gasteiger partial charge < -0.3 is 15.5 Å². The number of halogens is 1. The van der Waals surface area contributed by atoms with Crippen LogP contribution in [0.15, 0.2) is 66.7 Å². The van der Waals surface area contributed by atoms with Crippen LogP contribution >= 0.6 is 11.6 Å². The van der Waals surface area contributed by atoms with Gasteiger partial charge in [-0.3, -0.25) is 0 Å². The van der Waals surface area contributed by atoms with Crippen molar-refractivity contribution in [2.75, 3.05) is 13.1 Å². The fourth-order valence-electron chi connectivity index (χ4n) is 3.77. The molecular formula is C27H30ClNO3. The predicted octanol–water partition coefficient (Wildman–Crippen LogP) is 5.77. The molecule has 4 nitrogen and oxygen atoms in total. The molecule has 5 heteroatoms. The van der Waals surface area contributed by atoms with Crippen molar-refractivity contribution in [3.63, 3.8) is 0 Å². The summed E-state index contributed by atoms with van der Waals surface area (Å²) >= 11 is 5.99. The van der Waals surface area contributed by atoms with E-state index in [1.165, 1.54) is 5.56 Å². The second kappa shape index (κ2) is 11.3. The fraction of sp³-hybridized carbons (Fsp3) is 0.296. The first kappa shape index (κ1) is 24.0. The molecule has 168 valence electrons. The van der Waals surface area contributed by atoms with E-state index in [4.69, 9.17) is 11.6 Å². The quantitative estimate of drug-likeness (QED) is 0.342. The fourth-order valence-corrected chi connectivity index (χ4v) is 3.97. The zero-order valence-corrected chi connectivity index (χ0v) is 19.3. The van der Waals surface area contributed by atoms with E-state index >= 15 is 0 Å². The molecule has 3 aromatic carbocycles. The first-order valence-electron chi connectivity index (χ1n) is 10.9.